The lowest BCUT2D eigenvalue weighted by Gasteiger charge is -2.06. The summed E-state index contributed by atoms with van der Waals surface area (Å²) in [5, 5.41) is 4.48. The molecule has 0 N–H and O–H groups in total. The fourth-order valence-electron chi connectivity index (χ4n) is 2.22. The van der Waals surface area contributed by atoms with Crippen molar-refractivity contribution in [1.82, 2.24) is 24.7 Å². The zero-order chi connectivity index (χ0) is 14.8. The fraction of sp³-hybridized carbons (Fsp3) is 0.250. The van der Waals surface area contributed by atoms with Crippen LogP contribution in [0.1, 0.15) is 24.1 Å². The van der Waals surface area contributed by atoms with Gasteiger partial charge in [-0.25, -0.2) is 9.97 Å². The quantitative estimate of drug-likeness (QED) is 0.739. The van der Waals surface area contributed by atoms with Gasteiger partial charge in [-0.3, -0.25) is 4.98 Å². The molecule has 0 saturated carbocycles. The summed E-state index contributed by atoms with van der Waals surface area (Å²) in [5.41, 5.74) is 3.00. The Morgan fingerprint density at radius 2 is 1.95 bits per heavy atom. The van der Waals surface area contributed by atoms with E-state index in [0.29, 0.717) is 0 Å². The summed E-state index contributed by atoms with van der Waals surface area (Å²) in [6.07, 6.45) is 2.70. The molecule has 3 aromatic rings. The van der Waals surface area contributed by atoms with Crippen LogP contribution in [0.3, 0.4) is 0 Å². The van der Waals surface area contributed by atoms with Crippen LogP contribution in [0, 0.1) is 13.8 Å². The van der Waals surface area contributed by atoms with Crippen molar-refractivity contribution in [3.05, 3.63) is 53.7 Å². The van der Waals surface area contributed by atoms with Crippen LogP contribution in [0.5, 0.6) is 0 Å². The first-order chi connectivity index (χ1) is 10.2. The van der Waals surface area contributed by atoms with Gasteiger partial charge in [-0.05, 0) is 44.5 Å². The summed E-state index contributed by atoms with van der Waals surface area (Å²) in [4.78, 5) is 13.4. The number of hydrogen-bond acceptors (Lipinski definition) is 4. The lowest BCUT2D eigenvalue weighted by Crippen LogP contribution is -2.03. The molecule has 0 aliphatic carbocycles. The zero-order valence-corrected chi connectivity index (χ0v) is 12.4. The van der Waals surface area contributed by atoms with Crippen LogP contribution in [0.2, 0.25) is 0 Å². The molecule has 0 aliphatic rings. The predicted molar refractivity (Wildman–Crippen MR) is 81.2 cm³/mol. The topological polar surface area (TPSA) is 56.5 Å². The molecule has 0 radical (unpaired) electrons. The summed E-state index contributed by atoms with van der Waals surface area (Å²) in [6.45, 7) is 5.94. The largest absolute Gasteiger partial charge is 0.261 e. The van der Waals surface area contributed by atoms with Gasteiger partial charge in [0, 0.05) is 23.1 Å². The van der Waals surface area contributed by atoms with E-state index in [4.69, 9.17) is 0 Å². The molecular weight excluding hydrogens is 262 g/mol. The molecule has 21 heavy (non-hydrogen) atoms. The summed E-state index contributed by atoms with van der Waals surface area (Å²) >= 11 is 0. The number of pyridine rings is 2. The van der Waals surface area contributed by atoms with Crippen LogP contribution in [0.4, 0.5) is 0 Å². The van der Waals surface area contributed by atoms with Gasteiger partial charge in [-0.2, -0.15) is 4.68 Å². The highest BCUT2D eigenvalue weighted by atomic mass is 15.4. The monoisotopic (exact) mass is 279 g/mol. The van der Waals surface area contributed by atoms with E-state index < -0.39 is 0 Å². The average molecular weight is 279 g/mol. The average Bonchev–Trinajstić information content (AvgIpc) is 2.89. The van der Waals surface area contributed by atoms with Crippen LogP contribution in [-0.2, 0) is 6.42 Å². The van der Waals surface area contributed by atoms with E-state index in [2.05, 4.69) is 33.0 Å². The van der Waals surface area contributed by atoms with Crippen molar-refractivity contribution >= 4 is 0 Å². The minimum atomic E-state index is 0.725. The molecule has 0 aromatic carbocycles. The Morgan fingerprint density at radius 1 is 1.10 bits per heavy atom. The molecule has 0 atom stereocenters. The first-order valence-corrected chi connectivity index (χ1v) is 7.00. The van der Waals surface area contributed by atoms with Crippen LogP contribution in [0.25, 0.3) is 17.2 Å². The molecule has 3 aromatic heterocycles. The lowest BCUT2D eigenvalue weighted by molar-refractivity contribution is 0.833. The van der Waals surface area contributed by atoms with E-state index >= 15 is 0 Å². The standard InChI is InChI=1S/C16H17N5/c1-4-14-10-13(8-9-17-14)16-19-12(3)20-21(16)15-7-5-6-11(2)18-15/h5-10H,4H2,1-3H3. The van der Waals surface area contributed by atoms with Gasteiger partial charge in [0.25, 0.3) is 0 Å². The lowest BCUT2D eigenvalue weighted by atomic mass is 10.2. The van der Waals surface area contributed by atoms with Gasteiger partial charge in [-0.15, -0.1) is 5.10 Å². The number of aryl methyl sites for hydroxylation is 3. The van der Waals surface area contributed by atoms with Crippen LogP contribution in [-0.4, -0.2) is 24.7 Å². The maximum Gasteiger partial charge on any atom is 0.165 e. The van der Waals surface area contributed by atoms with Crippen molar-refractivity contribution in [2.45, 2.75) is 27.2 Å². The predicted octanol–water partition coefficient (Wildman–Crippen LogP) is 2.90. The Balaban J connectivity index is 2.15. The Morgan fingerprint density at radius 3 is 2.71 bits per heavy atom. The molecule has 5 nitrogen and oxygen atoms in total. The second-order valence-electron chi connectivity index (χ2n) is 4.92. The molecule has 0 aliphatic heterocycles. The first kappa shape index (κ1) is 13.4. The second kappa shape index (κ2) is 5.44. The molecule has 3 rings (SSSR count). The van der Waals surface area contributed by atoms with Crippen molar-refractivity contribution in [3.8, 4) is 17.2 Å². The number of nitrogens with zero attached hydrogens (tertiary/aromatic N) is 5. The van der Waals surface area contributed by atoms with E-state index in [1.165, 1.54) is 0 Å². The fourth-order valence-corrected chi connectivity index (χ4v) is 2.22. The van der Waals surface area contributed by atoms with E-state index in [1.807, 2.05) is 44.3 Å². The molecule has 0 amide bonds. The van der Waals surface area contributed by atoms with Gasteiger partial charge >= 0.3 is 0 Å². The third-order valence-electron chi connectivity index (χ3n) is 3.24. The normalized spacial score (nSPS) is 10.8. The van der Waals surface area contributed by atoms with Gasteiger partial charge < -0.3 is 0 Å². The Labute approximate surface area is 123 Å². The molecule has 0 spiro atoms. The van der Waals surface area contributed by atoms with Crippen molar-refractivity contribution < 1.29 is 0 Å². The van der Waals surface area contributed by atoms with Gasteiger partial charge in [0.05, 0.1) is 0 Å². The molecule has 0 unspecified atom stereocenters. The molecular formula is C16H17N5. The number of aromatic nitrogens is 5. The summed E-state index contributed by atoms with van der Waals surface area (Å²) in [7, 11) is 0. The molecule has 0 bridgehead atoms. The van der Waals surface area contributed by atoms with Crippen LogP contribution >= 0.6 is 0 Å². The van der Waals surface area contributed by atoms with E-state index in [9.17, 15) is 0 Å². The maximum atomic E-state index is 4.55. The van der Waals surface area contributed by atoms with Crippen molar-refractivity contribution in [3.63, 3.8) is 0 Å². The Hall–Kier alpha value is -2.56. The third-order valence-corrected chi connectivity index (χ3v) is 3.24. The minimum Gasteiger partial charge on any atom is -0.261 e. The van der Waals surface area contributed by atoms with E-state index in [-0.39, 0.29) is 0 Å². The van der Waals surface area contributed by atoms with Gasteiger partial charge in [0.1, 0.15) is 5.82 Å². The maximum absolute atomic E-state index is 4.55. The van der Waals surface area contributed by atoms with Crippen molar-refractivity contribution in [2.75, 3.05) is 0 Å². The summed E-state index contributed by atoms with van der Waals surface area (Å²) < 4.78 is 1.79. The minimum absolute atomic E-state index is 0.725. The van der Waals surface area contributed by atoms with Gasteiger partial charge in [-0.1, -0.05) is 13.0 Å². The zero-order valence-electron chi connectivity index (χ0n) is 12.4. The van der Waals surface area contributed by atoms with Crippen LogP contribution in [0.15, 0.2) is 36.5 Å². The SMILES string of the molecule is CCc1cc(-c2nc(C)nn2-c2cccc(C)n2)ccn1. The second-order valence-corrected chi connectivity index (χ2v) is 4.92. The highest BCUT2D eigenvalue weighted by Gasteiger charge is 2.13. The molecule has 0 fully saturated rings. The van der Waals surface area contributed by atoms with Crippen LogP contribution < -0.4 is 0 Å². The molecule has 3 heterocycles. The third kappa shape index (κ3) is 2.67. The Kier molecular flexibility index (Phi) is 3.48. The smallest absolute Gasteiger partial charge is 0.165 e. The number of rotatable bonds is 3. The van der Waals surface area contributed by atoms with E-state index in [1.54, 1.807) is 4.68 Å². The number of hydrogen-bond donors (Lipinski definition) is 0. The molecule has 5 heteroatoms. The van der Waals surface area contributed by atoms with Gasteiger partial charge in [0.15, 0.2) is 11.6 Å². The Bertz CT molecular complexity index is 776. The van der Waals surface area contributed by atoms with Crippen molar-refractivity contribution in [1.29, 1.82) is 0 Å². The molecule has 106 valence electrons. The molecule has 0 saturated heterocycles. The summed E-state index contributed by atoms with van der Waals surface area (Å²) in [6, 6.07) is 9.88. The van der Waals surface area contributed by atoms with E-state index in [0.717, 1.165) is 40.8 Å². The first-order valence-electron chi connectivity index (χ1n) is 7.00. The summed E-state index contributed by atoms with van der Waals surface area (Å²) in [5.74, 6) is 2.30. The highest BCUT2D eigenvalue weighted by molar-refractivity contribution is 5.57. The highest BCUT2D eigenvalue weighted by Crippen LogP contribution is 2.20. The van der Waals surface area contributed by atoms with Gasteiger partial charge in [0.2, 0.25) is 0 Å². The van der Waals surface area contributed by atoms with Crippen molar-refractivity contribution in [2.24, 2.45) is 0 Å².